The molecule has 0 radical (unpaired) electrons. The number of oxime groups is 1. The predicted octanol–water partition coefficient (Wildman–Crippen LogP) is 2.88. The Kier molecular flexibility index (Phi) is 1.96. The number of fused-ring (bicyclic) bond motifs is 1. The number of aryl methyl sites for hydroxylation is 1. The molecule has 1 saturated carbocycles. The first-order chi connectivity index (χ1) is 7.72. The molecule has 2 aliphatic rings. The molecule has 1 spiro atoms. The number of nitrogens with zero attached hydrogens (tertiary/aromatic N) is 1. The van der Waals surface area contributed by atoms with Gasteiger partial charge in [-0.1, -0.05) is 16.8 Å². The van der Waals surface area contributed by atoms with E-state index in [1.807, 2.05) is 25.1 Å². The van der Waals surface area contributed by atoms with Gasteiger partial charge in [-0.2, -0.15) is 0 Å². The van der Waals surface area contributed by atoms with Crippen molar-refractivity contribution in [3.63, 3.8) is 0 Å². The van der Waals surface area contributed by atoms with Crippen molar-refractivity contribution in [2.45, 2.75) is 38.2 Å². The third kappa shape index (κ3) is 1.31. The summed E-state index contributed by atoms with van der Waals surface area (Å²) in [7, 11) is 0. The lowest BCUT2D eigenvalue weighted by Crippen LogP contribution is -2.47. The van der Waals surface area contributed by atoms with E-state index in [1.54, 1.807) is 0 Å². The molecule has 1 heterocycles. The fourth-order valence-corrected chi connectivity index (χ4v) is 2.57. The third-order valence-corrected chi connectivity index (χ3v) is 3.65. The molecule has 84 valence electrons. The summed E-state index contributed by atoms with van der Waals surface area (Å²) in [5.74, 6) is 0.865. The lowest BCUT2D eigenvalue weighted by molar-refractivity contribution is -0.00546. The maximum absolute atomic E-state index is 9.11. The van der Waals surface area contributed by atoms with E-state index in [0.29, 0.717) is 0 Å². The van der Waals surface area contributed by atoms with Gasteiger partial charge in [0.25, 0.3) is 0 Å². The Balaban J connectivity index is 2.08. The standard InChI is InChI=1S/C13H15NO2/c1-9-3-4-12-10(7-9)11(14-15)8-13(16-12)5-2-6-13/h3-4,7,15H,2,5-6,8H2,1H3. The van der Waals surface area contributed by atoms with Crippen LogP contribution in [0.5, 0.6) is 5.75 Å². The average Bonchev–Trinajstić information content (AvgIpc) is 2.25. The monoisotopic (exact) mass is 217 g/mol. The van der Waals surface area contributed by atoms with Gasteiger partial charge in [-0.15, -0.1) is 0 Å². The van der Waals surface area contributed by atoms with Crippen LogP contribution in [0.3, 0.4) is 0 Å². The molecule has 1 aliphatic heterocycles. The summed E-state index contributed by atoms with van der Waals surface area (Å²) in [5.41, 5.74) is 2.79. The molecule has 3 rings (SSSR count). The summed E-state index contributed by atoms with van der Waals surface area (Å²) >= 11 is 0. The molecule has 1 fully saturated rings. The second-order valence-electron chi connectivity index (χ2n) is 4.86. The van der Waals surface area contributed by atoms with Crippen molar-refractivity contribution in [2.24, 2.45) is 5.16 Å². The van der Waals surface area contributed by atoms with Gasteiger partial charge in [0.1, 0.15) is 11.4 Å². The van der Waals surface area contributed by atoms with Crippen LogP contribution in [0, 0.1) is 6.92 Å². The minimum Gasteiger partial charge on any atom is -0.486 e. The van der Waals surface area contributed by atoms with E-state index in [-0.39, 0.29) is 5.60 Å². The van der Waals surface area contributed by atoms with Crippen LogP contribution in [-0.4, -0.2) is 16.5 Å². The summed E-state index contributed by atoms with van der Waals surface area (Å²) in [6.45, 7) is 2.03. The topological polar surface area (TPSA) is 41.8 Å². The SMILES string of the molecule is Cc1ccc2c(c1)C(=NO)CC1(CCC1)O2. The van der Waals surface area contributed by atoms with Gasteiger partial charge in [0.05, 0.1) is 5.71 Å². The molecule has 0 aromatic heterocycles. The minimum absolute atomic E-state index is 0.0795. The molecule has 0 atom stereocenters. The Morgan fingerprint density at radius 2 is 2.19 bits per heavy atom. The summed E-state index contributed by atoms with van der Waals surface area (Å²) in [6, 6.07) is 6.04. The Morgan fingerprint density at radius 1 is 1.38 bits per heavy atom. The minimum atomic E-state index is -0.0795. The van der Waals surface area contributed by atoms with E-state index < -0.39 is 0 Å². The summed E-state index contributed by atoms with van der Waals surface area (Å²) in [4.78, 5) is 0. The summed E-state index contributed by atoms with van der Waals surface area (Å²) in [6.07, 6.45) is 4.08. The second kappa shape index (κ2) is 3.24. The number of ether oxygens (including phenoxy) is 1. The number of benzene rings is 1. The van der Waals surface area contributed by atoms with Gasteiger partial charge in [-0.25, -0.2) is 0 Å². The van der Waals surface area contributed by atoms with Gasteiger partial charge in [0.2, 0.25) is 0 Å². The first-order valence-corrected chi connectivity index (χ1v) is 5.73. The van der Waals surface area contributed by atoms with Gasteiger partial charge >= 0.3 is 0 Å². The molecular weight excluding hydrogens is 202 g/mol. The van der Waals surface area contributed by atoms with Gasteiger partial charge < -0.3 is 9.94 Å². The van der Waals surface area contributed by atoms with Crippen LogP contribution in [0.1, 0.15) is 36.8 Å². The van der Waals surface area contributed by atoms with Crippen molar-refractivity contribution < 1.29 is 9.94 Å². The molecule has 3 heteroatoms. The van der Waals surface area contributed by atoms with Crippen LogP contribution in [0.25, 0.3) is 0 Å². The Hall–Kier alpha value is -1.51. The smallest absolute Gasteiger partial charge is 0.129 e. The predicted molar refractivity (Wildman–Crippen MR) is 61.3 cm³/mol. The van der Waals surface area contributed by atoms with E-state index in [0.717, 1.165) is 41.9 Å². The molecule has 0 bridgehead atoms. The van der Waals surface area contributed by atoms with E-state index in [9.17, 15) is 0 Å². The molecule has 16 heavy (non-hydrogen) atoms. The van der Waals surface area contributed by atoms with Crippen LogP contribution >= 0.6 is 0 Å². The van der Waals surface area contributed by atoms with Gasteiger partial charge in [0.15, 0.2) is 0 Å². The van der Waals surface area contributed by atoms with Crippen molar-refractivity contribution in [1.29, 1.82) is 0 Å². The lowest BCUT2D eigenvalue weighted by Gasteiger charge is -2.45. The fourth-order valence-electron chi connectivity index (χ4n) is 2.57. The summed E-state index contributed by atoms with van der Waals surface area (Å²) < 4.78 is 6.05. The normalized spacial score (nSPS) is 23.7. The molecule has 0 amide bonds. The van der Waals surface area contributed by atoms with E-state index >= 15 is 0 Å². The number of hydrogen-bond acceptors (Lipinski definition) is 3. The first kappa shape index (κ1) is 9.70. The van der Waals surface area contributed by atoms with Crippen LogP contribution in [0.4, 0.5) is 0 Å². The second-order valence-corrected chi connectivity index (χ2v) is 4.86. The van der Waals surface area contributed by atoms with Crippen LogP contribution in [0.2, 0.25) is 0 Å². The number of hydrogen-bond donors (Lipinski definition) is 1. The zero-order valence-electron chi connectivity index (χ0n) is 9.36. The maximum Gasteiger partial charge on any atom is 0.129 e. The van der Waals surface area contributed by atoms with E-state index in [1.165, 1.54) is 6.42 Å². The van der Waals surface area contributed by atoms with Crippen molar-refractivity contribution >= 4 is 5.71 Å². The highest BCUT2D eigenvalue weighted by Gasteiger charge is 2.44. The highest BCUT2D eigenvalue weighted by atomic mass is 16.5. The Bertz CT molecular complexity index is 461. The van der Waals surface area contributed by atoms with Gasteiger partial charge in [-0.3, -0.25) is 0 Å². The molecule has 1 aliphatic carbocycles. The van der Waals surface area contributed by atoms with Crippen molar-refractivity contribution in [3.05, 3.63) is 29.3 Å². The molecule has 1 aromatic carbocycles. The van der Waals surface area contributed by atoms with Crippen LogP contribution in [0.15, 0.2) is 23.4 Å². The van der Waals surface area contributed by atoms with Crippen molar-refractivity contribution in [1.82, 2.24) is 0 Å². The van der Waals surface area contributed by atoms with Crippen LogP contribution < -0.4 is 4.74 Å². The summed E-state index contributed by atoms with van der Waals surface area (Å²) in [5, 5.41) is 12.6. The third-order valence-electron chi connectivity index (χ3n) is 3.65. The van der Waals surface area contributed by atoms with Crippen LogP contribution in [-0.2, 0) is 0 Å². The van der Waals surface area contributed by atoms with Crippen molar-refractivity contribution in [2.75, 3.05) is 0 Å². The lowest BCUT2D eigenvalue weighted by atomic mass is 9.74. The zero-order valence-corrected chi connectivity index (χ0v) is 9.36. The fraction of sp³-hybridized carbons (Fsp3) is 0.462. The Morgan fingerprint density at radius 3 is 2.81 bits per heavy atom. The molecule has 0 unspecified atom stereocenters. The molecule has 3 nitrogen and oxygen atoms in total. The maximum atomic E-state index is 9.11. The number of rotatable bonds is 0. The zero-order chi connectivity index (χ0) is 11.2. The quantitative estimate of drug-likeness (QED) is 0.536. The van der Waals surface area contributed by atoms with Crippen molar-refractivity contribution in [3.8, 4) is 5.75 Å². The van der Waals surface area contributed by atoms with E-state index in [2.05, 4.69) is 5.16 Å². The molecule has 1 N–H and O–H groups in total. The first-order valence-electron chi connectivity index (χ1n) is 5.73. The Labute approximate surface area is 94.7 Å². The van der Waals surface area contributed by atoms with E-state index in [4.69, 9.17) is 9.94 Å². The molecule has 1 aromatic rings. The van der Waals surface area contributed by atoms with Gasteiger partial charge in [0, 0.05) is 12.0 Å². The highest BCUT2D eigenvalue weighted by molar-refractivity contribution is 6.04. The highest BCUT2D eigenvalue weighted by Crippen LogP contribution is 2.45. The average molecular weight is 217 g/mol. The molecule has 0 saturated heterocycles. The largest absolute Gasteiger partial charge is 0.486 e. The molecular formula is C13H15NO2. The van der Waals surface area contributed by atoms with Gasteiger partial charge in [-0.05, 0) is 38.3 Å².